The SMILES string of the molecule is COC(OC)[C@H](SCc1ccccc1)[C@H](O)CSCc1ccccc1. The van der Waals surface area contributed by atoms with E-state index >= 15 is 0 Å². The molecular weight excluding hydrogens is 352 g/mol. The van der Waals surface area contributed by atoms with Crippen molar-refractivity contribution in [3.8, 4) is 0 Å². The molecule has 3 nitrogen and oxygen atoms in total. The van der Waals surface area contributed by atoms with Crippen LogP contribution in [0.25, 0.3) is 0 Å². The van der Waals surface area contributed by atoms with Crippen LogP contribution in [0.4, 0.5) is 0 Å². The summed E-state index contributed by atoms with van der Waals surface area (Å²) in [6, 6.07) is 20.6. The molecule has 0 aliphatic rings. The molecule has 0 unspecified atom stereocenters. The van der Waals surface area contributed by atoms with Crippen molar-refractivity contribution >= 4 is 23.5 Å². The predicted octanol–water partition coefficient (Wildman–Crippen LogP) is 4.20. The Morgan fingerprint density at radius 3 is 1.88 bits per heavy atom. The highest BCUT2D eigenvalue weighted by Gasteiger charge is 2.29. The molecule has 25 heavy (non-hydrogen) atoms. The Balaban J connectivity index is 1.89. The van der Waals surface area contributed by atoms with Crippen molar-refractivity contribution in [2.45, 2.75) is 29.1 Å². The number of aliphatic hydroxyl groups excluding tert-OH is 1. The van der Waals surface area contributed by atoms with Gasteiger partial charge in [0.05, 0.1) is 11.4 Å². The van der Waals surface area contributed by atoms with Crippen molar-refractivity contribution < 1.29 is 14.6 Å². The summed E-state index contributed by atoms with van der Waals surface area (Å²) in [6.07, 6.45) is -0.937. The Morgan fingerprint density at radius 1 is 0.840 bits per heavy atom. The van der Waals surface area contributed by atoms with E-state index in [0.29, 0.717) is 5.75 Å². The van der Waals surface area contributed by atoms with Gasteiger partial charge in [-0.05, 0) is 11.1 Å². The molecular formula is C20H26O3S2. The fourth-order valence-electron chi connectivity index (χ4n) is 2.47. The van der Waals surface area contributed by atoms with Crippen molar-refractivity contribution in [3.05, 3.63) is 71.8 Å². The fourth-order valence-corrected chi connectivity index (χ4v) is 4.86. The zero-order chi connectivity index (χ0) is 17.9. The predicted molar refractivity (Wildman–Crippen MR) is 108 cm³/mol. The quantitative estimate of drug-likeness (QED) is 0.593. The summed E-state index contributed by atoms with van der Waals surface area (Å²) in [5.41, 5.74) is 2.50. The standard InChI is InChI=1S/C20H26O3S2/c1-22-20(23-2)19(25-14-17-11-7-4-8-12-17)18(21)15-24-13-16-9-5-3-6-10-16/h3-12,18-21H,13-15H2,1-2H3/t18-,19-/m1/s1. The third kappa shape index (κ3) is 7.04. The zero-order valence-electron chi connectivity index (χ0n) is 14.7. The molecule has 0 spiro atoms. The number of methoxy groups -OCH3 is 2. The Bertz CT molecular complexity index is 576. The number of hydrogen-bond donors (Lipinski definition) is 1. The van der Waals surface area contributed by atoms with Crippen molar-refractivity contribution in [1.82, 2.24) is 0 Å². The molecule has 0 aromatic heterocycles. The lowest BCUT2D eigenvalue weighted by Gasteiger charge is -2.28. The van der Waals surface area contributed by atoms with Crippen LogP contribution in [0.15, 0.2) is 60.7 Å². The summed E-state index contributed by atoms with van der Waals surface area (Å²) in [5, 5.41) is 10.6. The first kappa shape index (κ1) is 20.3. The van der Waals surface area contributed by atoms with Gasteiger partial charge >= 0.3 is 0 Å². The number of ether oxygens (including phenoxy) is 2. The van der Waals surface area contributed by atoms with Gasteiger partial charge in [0, 0.05) is 31.5 Å². The Morgan fingerprint density at radius 2 is 1.36 bits per heavy atom. The second-order valence-electron chi connectivity index (χ2n) is 5.67. The van der Waals surface area contributed by atoms with E-state index in [1.165, 1.54) is 11.1 Å². The van der Waals surface area contributed by atoms with Crippen LogP contribution in [0.5, 0.6) is 0 Å². The van der Waals surface area contributed by atoms with Gasteiger partial charge in [0.15, 0.2) is 6.29 Å². The van der Waals surface area contributed by atoms with Crippen LogP contribution in [0.3, 0.4) is 0 Å². The first-order valence-corrected chi connectivity index (χ1v) is 10.5. The summed E-state index contributed by atoms with van der Waals surface area (Å²) in [7, 11) is 3.24. The van der Waals surface area contributed by atoms with Gasteiger partial charge in [-0.3, -0.25) is 0 Å². The molecule has 0 amide bonds. The van der Waals surface area contributed by atoms with E-state index in [-0.39, 0.29) is 5.25 Å². The van der Waals surface area contributed by atoms with E-state index in [4.69, 9.17) is 9.47 Å². The van der Waals surface area contributed by atoms with Gasteiger partial charge in [-0.1, -0.05) is 60.7 Å². The number of benzene rings is 2. The molecule has 0 heterocycles. The topological polar surface area (TPSA) is 38.7 Å². The fraction of sp³-hybridized carbons (Fsp3) is 0.400. The molecule has 0 saturated heterocycles. The van der Waals surface area contributed by atoms with Gasteiger partial charge in [-0.15, -0.1) is 11.8 Å². The molecule has 0 fully saturated rings. The number of aliphatic hydroxyl groups is 1. The number of thioether (sulfide) groups is 2. The lowest BCUT2D eigenvalue weighted by Crippen LogP contribution is -2.39. The summed E-state index contributed by atoms with van der Waals surface area (Å²) < 4.78 is 10.8. The molecule has 136 valence electrons. The lowest BCUT2D eigenvalue weighted by atomic mass is 10.2. The second kappa shape index (κ2) is 11.6. The van der Waals surface area contributed by atoms with E-state index in [1.807, 2.05) is 36.4 Å². The third-order valence-corrected chi connectivity index (χ3v) is 6.33. The molecule has 0 aliphatic heterocycles. The van der Waals surface area contributed by atoms with Crippen molar-refractivity contribution in [2.75, 3.05) is 20.0 Å². The van der Waals surface area contributed by atoms with Crippen LogP contribution in [-0.2, 0) is 21.0 Å². The zero-order valence-corrected chi connectivity index (χ0v) is 16.3. The van der Waals surface area contributed by atoms with Crippen LogP contribution < -0.4 is 0 Å². The van der Waals surface area contributed by atoms with E-state index in [2.05, 4.69) is 24.3 Å². The monoisotopic (exact) mass is 378 g/mol. The minimum absolute atomic E-state index is 0.140. The number of hydrogen-bond acceptors (Lipinski definition) is 5. The smallest absolute Gasteiger partial charge is 0.171 e. The molecule has 0 bridgehead atoms. The Kier molecular flexibility index (Phi) is 9.43. The maximum absolute atomic E-state index is 10.7. The van der Waals surface area contributed by atoms with Crippen LogP contribution in [-0.4, -0.2) is 42.7 Å². The van der Waals surface area contributed by atoms with E-state index in [9.17, 15) is 5.11 Å². The molecule has 0 saturated carbocycles. The number of rotatable bonds is 11. The Hall–Kier alpha value is -0.980. The van der Waals surface area contributed by atoms with Gasteiger partial charge < -0.3 is 14.6 Å². The van der Waals surface area contributed by atoms with Gasteiger partial charge in [-0.25, -0.2) is 0 Å². The van der Waals surface area contributed by atoms with Crippen LogP contribution in [0, 0.1) is 0 Å². The molecule has 2 aromatic carbocycles. The highest BCUT2D eigenvalue weighted by atomic mass is 32.2. The molecule has 1 N–H and O–H groups in total. The Labute approximate surface area is 159 Å². The second-order valence-corrected chi connectivity index (χ2v) is 7.87. The average molecular weight is 379 g/mol. The highest BCUT2D eigenvalue weighted by molar-refractivity contribution is 7.99. The molecule has 0 radical (unpaired) electrons. The van der Waals surface area contributed by atoms with Crippen molar-refractivity contribution in [1.29, 1.82) is 0 Å². The molecule has 2 rings (SSSR count). The molecule has 5 heteroatoms. The first-order valence-electron chi connectivity index (χ1n) is 8.25. The summed E-state index contributed by atoms with van der Waals surface area (Å²) >= 11 is 3.40. The summed E-state index contributed by atoms with van der Waals surface area (Å²) in [4.78, 5) is 0. The van der Waals surface area contributed by atoms with Gasteiger partial charge in [0.1, 0.15) is 0 Å². The highest BCUT2D eigenvalue weighted by Crippen LogP contribution is 2.27. The van der Waals surface area contributed by atoms with E-state index in [0.717, 1.165) is 11.5 Å². The normalized spacial score (nSPS) is 13.8. The minimum Gasteiger partial charge on any atom is -0.391 e. The maximum atomic E-state index is 10.7. The largest absolute Gasteiger partial charge is 0.391 e. The molecule has 2 atom stereocenters. The maximum Gasteiger partial charge on any atom is 0.171 e. The van der Waals surface area contributed by atoms with Crippen LogP contribution in [0.1, 0.15) is 11.1 Å². The molecule has 2 aromatic rings. The van der Waals surface area contributed by atoms with Crippen LogP contribution >= 0.6 is 23.5 Å². The first-order chi connectivity index (χ1) is 12.2. The van der Waals surface area contributed by atoms with Gasteiger partial charge in [0.2, 0.25) is 0 Å². The molecule has 0 aliphatic carbocycles. The lowest BCUT2D eigenvalue weighted by molar-refractivity contribution is -0.115. The van der Waals surface area contributed by atoms with E-state index in [1.54, 1.807) is 37.7 Å². The van der Waals surface area contributed by atoms with Crippen molar-refractivity contribution in [2.24, 2.45) is 0 Å². The van der Waals surface area contributed by atoms with E-state index < -0.39 is 12.4 Å². The summed E-state index contributed by atoms with van der Waals surface area (Å²) in [5.74, 6) is 2.35. The third-order valence-electron chi connectivity index (χ3n) is 3.80. The summed E-state index contributed by atoms with van der Waals surface area (Å²) in [6.45, 7) is 0. The van der Waals surface area contributed by atoms with Gasteiger partial charge in [0.25, 0.3) is 0 Å². The van der Waals surface area contributed by atoms with Crippen molar-refractivity contribution in [3.63, 3.8) is 0 Å². The average Bonchev–Trinajstić information content (AvgIpc) is 2.66. The van der Waals surface area contributed by atoms with Crippen LogP contribution in [0.2, 0.25) is 0 Å². The minimum atomic E-state index is -0.507. The van der Waals surface area contributed by atoms with Gasteiger partial charge in [-0.2, -0.15) is 11.8 Å².